The lowest BCUT2D eigenvalue weighted by Crippen LogP contribution is -2.11. The molecule has 240 valence electrons. The molecule has 0 N–H and O–H groups in total. The van der Waals surface area contributed by atoms with Crippen LogP contribution in [0, 0.1) is 0 Å². The first kappa shape index (κ1) is 31.0. The molecule has 0 aliphatic carbocycles. The number of fused-ring (bicyclic) bond motifs is 4. The van der Waals surface area contributed by atoms with Gasteiger partial charge >= 0.3 is 0 Å². The first-order valence-electron chi connectivity index (χ1n) is 16.8. The van der Waals surface area contributed by atoms with Gasteiger partial charge in [-0.1, -0.05) is 145 Å². The van der Waals surface area contributed by atoms with E-state index in [1.54, 1.807) is 0 Å². The summed E-state index contributed by atoms with van der Waals surface area (Å²) in [4.78, 5) is 20.3. The Labute approximate surface area is 291 Å². The van der Waals surface area contributed by atoms with Gasteiger partial charge in [0.25, 0.3) is 0 Å². The predicted octanol–water partition coefficient (Wildman–Crippen LogP) is 12.1. The van der Waals surface area contributed by atoms with E-state index >= 15 is 0 Å². The maximum Gasteiger partial charge on any atom is 0.166 e. The lowest BCUT2D eigenvalue weighted by atomic mass is 9.86. The van der Waals surface area contributed by atoms with Crippen molar-refractivity contribution in [2.75, 3.05) is 0 Å². The topological polar surface area (TPSA) is 51.6 Å². The molecule has 8 aromatic rings. The number of benzene rings is 5. The number of nitrogens with zero attached hydrogens (tertiary/aromatic N) is 4. The normalized spacial score (nSPS) is 12.3. The van der Waals surface area contributed by atoms with Crippen LogP contribution in [0.3, 0.4) is 0 Å². The maximum absolute atomic E-state index is 5.11. The van der Waals surface area contributed by atoms with E-state index in [2.05, 4.69) is 157 Å². The molecular formula is C44H38N4S. The minimum absolute atomic E-state index is 0.0522. The van der Waals surface area contributed by atoms with Crippen molar-refractivity contribution in [1.29, 1.82) is 0 Å². The number of pyridine rings is 1. The highest BCUT2D eigenvalue weighted by Gasteiger charge is 2.20. The summed E-state index contributed by atoms with van der Waals surface area (Å²) < 4.78 is 2.56. The molecule has 0 unspecified atom stereocenters. The zero-order chi connectivity index (χ0) is 33.9. The second kappa shape index (κ2) is 11.7. The van der Waals surface area contributed by atoms with Gasteiger partial charge in [-0.15, -0.1) is 11.3 Å². The van der Waals surface area contributed by atoms with E-state index in [0.29, 0.717) is 17.5 Å². The Bertz CT molecular complexity index is 2420. The van der Waals surface area contributed by atoms with Crippen molar-refractivity contribution in [3.63, 3.8) is 0 Å². The quantitative estimate of drug-likeness (QED) is 0.189. The third-order valence-corrected chi connectivity index (χ3v) is 10.5. The summed E-state index contributed by atoms with van der Waals surface area (Å²) in [5.41, 5.74) is 7.47. The molecule has 3 aromatic heterocycles. The third-order valence-electron chi connectivity index (χ3n) is 9.34. The Morgan fingerprint density at radius 1 is 0.449 bits per heavy atom. The van der Waals surface area contributed by atoms with Crippen molar-refractivity contribution in [1.82, 2.24) is 19.9 Å². The molecule has 49 heavy (non-hydrogen) atoms. The van der Waals surface area contributed by atoms with E-state index in [9.17, 15) is 0 Å². The lowest BCUT2D eigenvalue weighted by Gasteiger charge is -2.19. The second-order valence-corrected chi connectivity index (χ2v) is 15.9. The fraction of sp³-hybridized carbons (Fsp3) is 0.182. The first-order valence-corrected chi connectivity index (χ1v) is 17.6. The summed E-state index contributed by atoms with van der Waals surface area (Å²) in [6.45, 7) is 13.4. The fourth-order valence-corrected chi connectivity index (χ4v) is 7.61. The fourth-order valence-electron chi connectivity index (χ4n) is 6.47. The van der Waals surface area contributed by atoms with E-state index in [4.69, 9.17) is 19.9 Å². The summed E-state index contributed by atoms with van der Waals surface area (Å²) in [6.07, 6.45) is 1.93. The van der Waals surface area contributed by atoms with Gasteiger partial charge in [-0.2, -0.15) is 0 Å². The average molecular weight is 655 g/mol. The Kier molecular flexibility index (Phi) is 7.42. The highest BCUT2D eigenvalue weighted by Crippen LogP contribution is 2.39. The predicted molar refractivity (Wildman–Crippen MR) is 207 cm³/mol. The number of aromatic nitrogens is 4. The Balaban J connectivity index is 1.29. The monoisotopic (exact) mass is 654 g/mol. The van der Waals surface area contributed by atoms with Crippen LogP contribution in [-0.2, 0) is 10.8 Å². The largest absolute Gasteiger partial charge is 0.255 e. The van der Waals surface area contributed by atoms with Gasteiger partial charge < -0.3 is 0 Å². The van der Waals surface area contributed by atoms with E-state index in [-0.39, 0.29) is 10.8 Å². The first-order chi connectivity index (χ1) is 23.5. The molecule has 0 fully saturated rings. The van der Waals surface area contributed by atoms with Crippen LogP contribution >= 0.6 is 11.3 Å². The summed E-state index contributed by atoms with van der Waals surface area (Å²) in [5.74, 6) is 1.89. The number of hydrogen-bond acceptors (Lipinski definition) is 5. The van der Waals surface area contributed by atoms with Crippen LogP contribution in [0.2, 0.25) is 0 Å². The standard InChI is InChI=1S/C44H38N4S/c1-43(2,3)30-20-15-27(16-21-30)40-46-41(28-17-22-31(23-18-28)44(4,5)6)48-42(47-40)36-26-45-39(35-13-8-7-11-32(35)36)29-19-24-34-33-12-9-10-14-37(33)49-38(34)25-29/h7-26H,1-6H3. The van der Waals surface area contributed by atoms with Crippen molar-refractivity contribution >= 4 is 42.3 Å². The molecule has 0 radical (unpaired) electrons. The van der Waals surface area contributed by atoms with Gasteiger partial charge in [0.1, 0.15) is 0 Å². The van der Waals surface area contributed by atoms with Gasteiger partial charge in [-0.05, 0) is 39.5 Å². The van der Waals surface area contributed by atoms with Gasteiger partial charge in [0.05, 0.1) is 5.69 Å². The lowest BCUT2D eigenvalue weighted by molar-refractivity contribution is 0.590. The Morgan fingerprint density at radius 3 is 1.53 bits per heavy atom. The summed E-state index contributed by atoms with van der Waals surface area (Å²) in [6, 6.07) is 40.9. The smallest absolute Gasteiger partial charge is 0.166 e. The second-order valence-electron chi connectivity index (χ2n) is 14.8. The van der Waals surface area contributed by atoms with Gasteiger partial charge in [0.15, 0.2) is 17.5 Å². The van der Waals surface area contributed by atoms with Crippen LogP contribution in [0.4, 0.5) is 0 Å². The third kappa shape index (κ3) is 5.78. The molecule has 8 rings (SSSR count). The van der Waals surface area contributed by atoms with Crippen LogP contribution in [0.25, 0.3) is 76.4 Å². The minimum Gasteiger partial charge on any atom is -0.255 e. The minimum atomic E-state index is 0.0522. The SMILES string of the molecule is CC(C)(C)c1ccc(-c2nc(-c3ccc(C(C)(C)C)cc3)nc(-c3cnc(-c4ccc5c(c4)sc4ccccc45)c4ccccc34)n2)cc1. The van der Waals surface area contributed by atoms with Crippen molar-refractivity contribution in [2.24, 2.45) is 0 Å². The Hall–Kier alpha value is -5.26. The van der Waals surface area contributed by atoms with Crippen LogP contribution in [-0.4, -0.2) is 19.9 Å². The molecule has 4 nitrogen and oxygen atoms in total. The summed E-state index contributed by atoms with van der Waals surface area (Å²) >= 11 is 1.82. The van der Waals surface area contributed by atoms with E-state index in [0.717, 1.165) is 38.7 Å². The molecule has 0 saturated carbocycles. The molecule has 0 atom stereocenters. The number of thiophene rings is 1. The van der Waals surface area contributed by atoms with Crippen LogP contribution < -0.4 is 0 Å². The van der Waals surface area contributed by atoms with Gasteiger partial charge in [-0.3, -0.25) is 4.98 Å². The van der Waals surface area contributed by atoms with Crippen molar-refractivity contribution < 1.29 is 0 Å². The molecule has 0 spiro atoms. The summed E-state index contributed by atoms with van der Waals surface area (Å²) in [5, 5.41) is 4.69. The van der Waals surface area contributed by atoms with Gasteiger partial charge in [0, 0.05) is 54.0 Å². The highest BCUT2D eigenvalue weighted by atomic mass is 32.1. The molecule has 0 bridgehead atoms. The zero-order valence-electron chi connectivity index (χ0n) is 28.7. The zero-order valence-corrected chi connectivity index (χ0v) is 29.6. The van der Waals surface area contributed by atoms with Crippen LogP contribution in [0.15, 0.2) is 121 Å². The van der Waals surface area contributed by atoms with Gasteiger partial charge in [0.2, 0.25) is 0 Å². The molecule has 0 amide bonds. The van der Waals surface area contributed by atoms with E-state index in [1.807, 2.05) is 17.5 Å². The van der Waals surface area contributed by atoms with Crippen molar-refractivity contribution in [2.45, 2.75) is 52.4 Å². The molecular weight excluding hydrogens is 617 g/mol. The molecule has 0 aliphatic heterocycles. The number of hydrogen-bond donors (Lipinski definition) is 0. The molecule has 0 saturated heterocycles. The molecule has 3 heterocycles. The molecule has 5 aromatic carbocycles. The van der Waals surface area contributed by atoms with Crippen LogP contribution in [0.1, 0.15) is 52.7 Å². The molecule has 5 heteroatoms. The molecule has 0 aliphatic rings. The van der Waals surface area contributed by atoms with Gasteiger partial charge in [-0.25, -0.2) is 15.0 Å². The summed E-state index contributed by atoms with van der Waals surface area (Å²) in [7, 11) is 0. The number of rotatable bonds is 4. The van der Waals surface area contributed by atoms with Crippen molar-refractivity contribution in [3.8, 4) is 45.4 Å². The highest BCUT2D eigenvalue weighted by molar-refractivity contribution is 7.25. The van der Waals surface area contributed by atoms with E-state index in [1.165, 1.54) is 31.3 Å². The maximum atomic E-state index is 5.11. The Morgan fingerprint density at radius 2 is 0.939 bits per heavy atom. The van der Waals surface area contributed by atoms with Crippen LogP contribution in [0.5, 0.6) is 0 Å². The van der Waals surface area contributed by atoms with Crippen molar-refractivity contribution in [3.05, 3.63) is 133 Å². The average Bonchev–Trinajstić information content (AvgIpc) is 3.48. The van der Waals surface area contributed by atoms with E-state index < -0.39 is 0 Å².